The SMILES string of the molecule is Cc1cc(CN(C)C[C@@H](O)c2ccccc2)no1. The molecule has 1 aromatic carbocycles. The number of aliphatic hydroxyl groups is 1. The Morgan fingerprint density at radius 3 is 2.67 bits per heavy atom. The van der Waals surface area contributed by atoms with Crippen LogP contribution in [-0.4, -0.2) is 28.8 Å². The van der Waals surface area contributed by atoms with E-state index in [0.717, 1.165) is 17.0 Å². The van der Waals surface area contributed by atoms with Gasteiger partial charge in [0, 0.05) is 19.2 Å². The molecule has 0 aliphatic rings. The normalized spacial score (nSPS) is 12.9. The summed E-state index contributed by atoms with van der Waals surface area (Å²) in [6, 6.07) is 11.6. The zero-order valence-corrected chi connectivity index (χ0v) is 10.7. The summed E-state index contributed by atoms with van der Waals surface area (Å²) in [4.78, 5) is 2.02. The molecule has 0 bridgehead atoms. The first-order valence-corrected chi connectivity index (χ1v) is 5.99. The number of rotatable bonds is 5. The van der Waals surface area contributed by atoms with Crippen LogP contribution < -0.4 is 0 Å². The van der Waals surface area contributed by atoms with Crippen molar-refractivity contribution in [1.29, 1.82) is 0 Å². The fourth-order valence-corrected chi connectivity index (χ4v) is 1.91. The van der Waals surface area contributed by atoms with Gasteiger partial charge < -0.3 is 9.63 Å². The van der Waals surface area contributed by atoms with Crippen molar-refractivity contribution >= 4 is 0 Å². The third-order valence-electron chi connectivity index (χ3n) is 2.78. The van der Waals surface area contributed by atoms with Gasteiger partial charge in [0.25, 0.3) is 0 Å². The Labute approximate surface area is 107 Å². The first-order chi connectivity index (χ1) is 8.65. The molecule has 18 heavy (non-hydrogen) atoms. The van der Waals surface area contributed by atoms with Gasteiger partial charge in [-0.25, -0.2) is 0 Å². The van der Waals surface area contributed by atoms with Crippen molar-refractivity contribution in [2.45, 2.75) is 19.6 Å². The molecule has 1 aromatic heterocycles. The average Bonchev–Trinajstić information content (AvgIpc) is 2.75. The van der Waals surface area contributed by atoms with Gasteiger partial charge in [0.15, 0.2) is 0 Å². The Morgan fingerprint density at radius 1 is 1.33 bits per heavy atom. The summed E-state index contributed by atoms with van der Waals surface area (Å²) < 4.78 is 5.02. The van der Waals surface area contributed by atoms with Crippen LogP contribution in [0.3, 0.4) is 0 Å². The maximum absolute atomic E-state index is 10.1. The molecule has 0 amide bonds. The second-order valence-electron chi connectivity index (χ2n) is 4.55. The van der Waals surface area contributed by atoms with Crippen molar-refractivity contribution in [3.8, 4) is 0 Å². The van der Waals surface area contributed by atoms with E-state index in [9.17, 15) is 5.11 Å². The van der Waals surface area contributed by atoms with Gasteiger partial charge >= 0.3 is 0 Å². The molecular formula is C14H18N2O2. The minimum absolute atomic E-state index is 0.482. The summed E-state index contributed by atoms with van der Waals surface area (Å²) in [6.45, 7) is 3.10. The Balaban J connectivity index is 1.89. The number of nitrogens with zero attached hydrogens (tertiary/aromatic N) is 2. The van der Waals surface area contributed by atoms with Gasteiger partial charge in [-0.05, 0) is 19.5 Å². The molecule has 1 atom stereocenters. The Kier molecular flexibility index (Phi) is 4.12. The molecule has 0 radical (unpaired) electrons. The van der Waals surface area contributed by atoms with Gasteiger partial charge in [-0.3, -0.25) is 4.90 Å². The van der Waals surface area contributed by atoms with E-state index >= 15 is 0 Å². The molecule has 0 aliphatic heterocycles. The number of likely N-dealkylation sites (N-methyl/N-ethyl adjacent to an activating group) is 1. The van der Waals surface area contributed by atoms with E-state index < -0.39 is 6.10 Å². The molecule has 0 aliphatic carbocycles. The smallest absolute Gasteiger partial charge is 0.133 e. The monoisotopic (exact) mass is 246 g/mol. The lowest BCUT2D eigenvalue weighted by molar-refractivity contribution is 0.122. The topological polar surface area (TPSA) is 49.5 Å². The fraction of sp³-hybridized carbons (Fsp3) is 0.357. The van der Waals surface area contributed by atoms with E-state index in [0.29, 0.717) is 13.1 Å². The quantitative estimate of drug-likeness (QED) is 0.878. The van der Waals surface area contributed by atoms with Crippen LogP contribution in [0.15, 0.2) is 40.9 Å². The highest BCUT2D eigenvalue weighted by atomic mass is 16.5. The van der Waals surface area contributed by atoms with Gasteiger partial charge in [0.1, 0.15) is 5.76 Å². The van der Waals surface area contributed by atoms with Crippen molar-refractivity contribution in [3.63, 3.8) is 0 Å². The van der Waals surface area contributed by atoms with Crippen LogP contribution in [0.2, 0.25) is 0 Å². The van der Waals surface area contributed by atoms with Crippen LogP contribution in [-0.2, 0) is 6.54 Å². The van der Waals surface area contributed by atoms with Crippen molar-refractivity contribution in [1.82, 2.24) is 10.1 Å². The highest BCUT2D eigenvalue weighted by Gasteiger charge is 2.11. The number of hydrogen-bond donors (Lipinski definition) is 1. The zero-order chi connectivity index (χ0) is 13.0. The molecule has 0 saturated carbocycles. The van der Waals surface area contributed by atoms with Crippen LogP contribution in [0.4, 0.5) is 0 Å². The van der Waals surface area contributed by atoms with Gasteiger partial charge in [0.05, 0.1) is 11.8 Å². The summed E-state index contributed by atoms with van der Waals surface area (Å²) in [5, 5.41) is 14.0. The molecule has 2 aromatic rings. The minimum Gasteiger partial charge on any atom is -0.387 e. The van der Waals surface area contributed by atoms with Gasteiger partial charge in [-0.2, -0.15) is 0 Å². The van der Waals surface area contributed by atoms with Crippen LogP contribution >= 0.6 is 0 Å². The van der Waals surface area contributed by atoms with E-state index in [1.807, 2.05) is 55.3 Å². The first-order valence-electron chi connectivity index (χ1n) is 5.99. The predicted molar refractivity (Wildman–Crippen MR) is 69.0 cm³/mol. The van der Waals surface area contributed by atoms with E-state index in [-0.39, 0.29) is 0 Å². The summed E-state index contributed by atoms with van der Waals surface area (Å²) in [5.74, 6) is 0.807. The molecule has 0 saturated heterocycles. The molecule has 1 heterocycles. The first kappa shape index (κ1) is 12.8. The second kappa shape index (κ2) is 5.80. The Hall–Kier alpha value is -1.65. The average molecular weight is 246 g/mol. The molecule has 0 unspecified atom stereocenters. The lowest BCUT2D eigenvalue weighted by atomic mass is 10.1. The van der Waals surface area contributed by atoms with Crippen molar-refractivity contribution in [2.24, 2.45) is 0 Å². The summed E-state index contributed by atoms with van der Waals surface area (Å²) in [7, 11) is 1.95. The van der Waals surface area contributed by atoms with Crippen molar-refractivity contribution in [2.75, 3.05) is 13.6 Å². The fourth-order valence-electron chi connectivity index (χ4n) is 1.91. The lowest BCUT2D eigenvalue weighted by Gasteiger charge is -2.19. The van der Waals surface area contributed by atoms with E-state index in [4.69, 9.17) is 4.52 Å². The van der Waals surface area contributed by atoms with E-state index in [1.165, 1.54) is 0 Å². The second-order valence-corrected chi connectivity index (χ2v) is 4.55. The summed E-state index contributed by atoms with van der Waals surface area (Å²) in [5.41, 5.74) is 1.82. The van der Waals surface area contributed by atoms with Crippen LogP contribution in [0.5, 0.6) is 0 Å². The van der Waals surface area contributed by atoms with Crippen LogP contribution in [0, 0.1) is 6.92 Å². The Morgan fingerprint density at radius 2 is 2.06 bits per heavy atom. The number of aromatic nitrogens is 1. The maximum atomic E-state index is 10.1. The van der Waals surface area contributed by atoms with Crippen LogP contribution in [0.1, 0.15) is 23.1 Å². The summed E-state index contributed by atoms with van der Waals surface area (Å²) >= 11 is 0. The number of aryl methyl sites for hydroxylation is 1. The maximum Gasteiger partial charge on any atom is 0.133 e. The molecule has 4 nitrogen and oxygen atoms in total. The van der Waals surface area contributed by atoms with E-state index in [2.05, 4.69) is 5.16 Å². The third kappa shape index (κ3) is 3.42. The summed E-state index contributed by atoms with van der Waals surface area (Å²) in [6.07, 6.45) is -0.482. The van der Waals surface area contributed by atoms with Gasteiger partial charge in [0.2, 0.25) is 0 Å². The van der Waals surface area contributed by atoms with Crippen molar-refractivity contribution in [3.05, 3.63) is 53.4 Å². The van der Waals surface area contributed by atoms with E-state index in [1.54, 1.807) is 0 Å². The molecule has 2 rings (SSSR count). The van der Waals surface area contributed by atoms with Gasteiger partial charge in [-0.15, -0.1) is 0 Å². The molecule has 96 valence electrons. The third-order valence-corrected chi connectivity index (χ3v) is 2.78. The Bertz CT molecular complexity index is 482. The highest BCUT2D eigenvalue weighted by molar-refractivity contribution is 5.17. The number of benzene rings is 1. The largest absolute Gasteiger partial charge is 0.387 e. The molecule has 0 fully saturated rings. The zero-order valence-electron chi connectivity index (χ0n) is 10.7. The number of hydrogen-bond acceptors (Lipinski definition) is 4. The minimum atomic E-state index is -0.482. The standard InChI is InChI=1S/C14H18N2O2/c1-11-8-13(15-18-11)9-16(2)10-14(17)12-6-4-3-5-7-12/h3-8,14,17H,9-10H2,1-2H3/t14-/m1/s1. The molecule has 0 spiro atoms. The lowest BCUT2D eigenvalue weighted by Crippen LogP contribution is -2.24. The highest BCUT2D eigenvalue weighted by Crippen LogP contribution is 2.14. The number of aliphatic hydroxyl groups excluding tert-OH is 1. The molecule has 4 heteroatoms. The van der Waals surface area contributed by atoms with Crippen molar-refractivity contribution < 1.29 is 9.63 Å². The van der Waals surface area contributed by atoms with Gasteiger partial charge in [-0.1, -0.05) is 35.5 Å². The molecule has 1 N–H and O–H groups in total. The predicted octanol–water partition coefficient (Wildman–Crippen LogP) is 2.15. The molecular weight excluding hydrogens is 228 g/mol. The van der Waals surface area contributed by atoms with Crippen LogP contribution in [0.25, 0.3) is 0 Å².